The van der Waals surface area contributed by atoms with E-state index in [1.54, 1.807) is 6.20 Å². The van der Waals surface area contributed by atoms with Crippen LogP contribution in [0.15, 0.2) is 79.1 Å². The number of fused-ring (bicyclic) bond motifs is 1. The smallest absolute Gasteiger partial charge is 0.253 e. The van der Waals surface area contributed by atoms with Crippen LogP contribution in [0.1, 0.15) is 15.9 Å². The molecule has 4 aromatic rings. The number of piperazine rings is 1. The zero-order valence-corrected chi connectivity index (χ0v) is 23.0. The zero-order valence-electron chi connectivity index (χ0n) is 23.0. The monoisotopic (exact) mass is 547 g/mol. The van der Waals surface area contributed by atoms with Crippen molar-refractivity contribution >= 4 is 29.0 Å². The molecule has 9 heteroatoms. The lowest BCUT2D eigenvalue weighted by Gasteiger charge is -2.36. The zero-order chi connectivity index (χ0) is 27.6. The quantitative estimate of drug-likeness (QED) is 0.371. The molecule has 2 fully saturated rings. The molecule has 7 rings (SSSR count). The normalized spacial score (nSPS) is 17.1. The van der Waals surface area contributed by atoms with E-state index >= 15 is 0 Å². The lowest BCUT2D eigenvalue weighted by Crippen LogP contribution is -2.48. The van der Waals surface area contributed by atoms with E-state index < -0.39 is 0 Å². The van der Waals surface area contributed by atoms with E-state index in [-0.39, 0.29) is 5.91 Å². The van der Waals surface area contributed by atoms with E-state index in [0.717, 1.165) is 67.5 Å². The highest BCUT2D eigenvalue weighted by atomic mass is 16.5. The average molecular weight is 548 g/mol. The molecular formula is C32H33N7O2. The van der Waals surface area contributed by atoms with Gasteiger partial charge in [0.2, 0.25) is 5.95 Å². The van der Waals surface area contributed by atoms with Gasteiger partial charge in [-0.15, -0.1) is 0 Å². The van der Waals surface area contributed by atoms with Crippen molar-refractivity contribution in [2.75, 3.05) is 73.7 Å². The first kappa shape index (κ1) is 25.5. The molecule has 208 valence electrons. The van der Waals surface area contributed by atoms with Crippen molar-refractivity contribution in [3.8, 4) is 11.3 Å². The Kier molecular flexibility index (Phi) is 6.94. The number of rotatable bonds is 5. The molecule has 9 nitrogen and oxygen atoms in total. The van der Waals surface area contributed by atoms with Crippen molar-refractivity contribution in [1.82, 2.24) is 19.9 Å². The number of ether oxygens (including phenoxy) is 1. The Morgan fingerprint density at radius 3 is 2.34 bits per heavy atom. The van der Waals surface area contributed by atoms with Crippen molar-refractivity contribution < 1.29 is 9.53 Å². The van der Waals surface area contributed by atoms with Gasteiger partial charge < -0.3 is 24.3 Å². The highest BCUT2D eigenvalue weighted by molar-refractivity contribution is 5.96. The number of anilines is 4. The van der Waals surface area contributed by atoms with Crippen LogP contribution in [-0.4, -0.2) is 84.8 Å². The highest BCUT2D eigenvalue weighted by Gasteiger charge is 2.30. The van der Waals surface area contributed by atoms with Crippen LogP contribution < -0.4 is 14.7 Å². The molecule has 5 heterocycles. The second-order valence-electron chi connectivity index (χ2n) is 10.6. The van der Waals surface area contributed by atoms with Gasteiger partial charge in [0.1, 0.15) is 5.82 Å². The van der Waals surface area contributed by atoms with E-state index in [1.165, 1.54) is 5.69 Å². The number of benzene rings is 2. The Balaban J connectivity index is 1.19. The Morgan fingerprint density at radius 1 is 0.756 bits per heavy atom. The molecule has 0 spiro atoms. The van der Waals surface area contributed by atoms with E-state index in [0.29, 0.717) is 37.8 Å². The van der Waals surface area contributed by atoms with Crippen LogP contribution in [0.4, 0.5) is 23.1 Å². The molecule has 0 radical (unpaired) electrons. The third-order valence-corrected chi connectivity index (χ3v) is 8.14. The first-order chi connectivity index (χ1) is 20.2. The summed E-state index contributed by atoms with van der Waals surface area (Å²) in [7, 11) is 0. The maximum absolute atomic E-state index is 13.6. The first-order valence-electron chi connectivity index (χ1n) is 14.4. The van der Waals surface area contributed by atoms with Crippen LogP contribution >= 0.6 is 0 Å². The number of aromatic nitrogens is 3. The van der Waals surface area contributed by atoms with E-state index in [4.69, 9.17) is 14.7 Å². The number of hydrogen-bond acceptors (Lipinski definition) is 8. The number of carbonyl (C=O) groups is 1. The number of morpholine rings is 1. The predicted molar refractivity (Wildman–Crippen MR) is 160 cm³/mol. The van der Waals surface area contributed by atoms with Crippen LogP contribution in [0, 0.1) is 0 Å². The highest BCUT2D eigenvalue weighted by Crippen LogP contribution is 2.39. The van der Waals surface area contributed by atoms with Crippen molar-refractivity contribution in [3.63, 3.8) is 0 Å². The standard InChI is InChI=1S/C32H33N7O2/c40-31(37-16-14-36(15-17-37)26-8-2-1-3-9-26)25-7-4-6-24(22-25)29-28-11-13-39(27-10-5-12-33-23-27)30(28)35-32(34-29)38-18-20-41-21-19-38/h1-10,12,22-23H,11,13-21H2. The van der Waals surface area contributed by atoms with Gasteiger partial charge in [0.15, 0.2) is 0 Å². The second-order valence-corrected chi connectivity index (χ2v) is 10.6. The number of amides is 1. The minimum absolute atomic E-state index is 0.0654. The largest absolute Gasteiger partial charge is 0.378 e. The van der Waals surface area contributed by atoms with Crippen LogP contribution in [0.5, 0.6) is 0 Å². The summed E-state index contributed by atoms with van der Waals surface area (Å²) in [5.74, 6) is 1.68. The average Bonchev–Trinajstić information content (AvgIpc) is 3.49. The van der Waals surface area contributed by atoms with Gasteiger partial charge in [0, 0.05) is 74.4 Å². The van der Waals surface area contributed by atoms with Gasteiger partial charge in [-0.25, -0.2) is 4.98 Å². The Labute approximate surface area is 240 Å². The maximum Gasteiger partial charge on any atom is 0.253 e. The lowest BCUT2D eigenvalue weighted by atomic mass is 10.0. The predicted octanol–water partition coefficient (Wildman–Crippen LogP) is 4.03. The van der Waals surface area contributed by atoms with E-state index in [2.05, 4.69) is 56.1 Å². The second kappa shape index (κ2) is 11.2. The molecule has 0 bridgehead atoms. The van der Waals surface area contributed by atoms with Gasteiger partial charge >= 0.3 is 0 Å². The maximum atomic E-state index is 13.6. The van der Waals surface area contributed by atoms with Gasteiger partial charge in [0.25, 0.3) is 5.91 Å². The van der Waals surface area contributed by atoms with Crippen molar-refractivity contribution in [1.29, 1.82) is 0 Å². The summed E-state index contributed by atoms with van der Waals surface area (Å²) in [5.41, 5.74) is 5.86. The molecule has 0 atom stereocenters. The molecule has 3 aliphatic heterocycles. The molecule has 2 aromatic carbocycles. The van der Waals surface area contributed by atoms with E-state index in [9.17, 15) is 4.79 Å². The fraction of sp³-hybridized carbons (Fsp3) is 0.312. The summed E-state index contributed by atoms with van der Waals surface area (Å²) in [6.45, 7) is 6.65. The van der Waals surface area contributed by atoms with Gasteiger partial charge in [-0.3, -0.25) is 9.78 Å². The van der Waals surface area contributed by atoms with Crippen molar-refractivity contribution in [3.05, 3.63) is 90.3 Å². The number of nitrogens with zero attached hydrogens (tertiary/aromatic N) is 7. The first-order valence-corrected chi connectivity index (χ1v) is 14.4. The third-order valence-electron chi connectivity index (χ3n) is 8.14. The minimum Gasteiger partial charge on any atom is -0.378 e. The summed E-state index contributed by atoms with van der Waals surface area (Å²) in [4.78, 5) is 36.9. The fourth-order valence-corrected chi connectivity index (χ4v) is 5.94. The molecule has 0 aliphatic carbocycles. The number of para-hydroxylation sites is 1. The molecule has 1 amide bonds. The molecule has 3 aliphatic rings. The topological polar surface area (TPSA) is 77.9 Å². The number of pyridine rings is 1. The summed E-state index contributed by atoms with van der Waals surface area (Å²) < 4.78 is 5.59. The Bertz CT molecular complexity index is 1520. The molecule has 41 heavy (non-hydrogen) atoms. The fourth-order valence-electron chi connectivity index (χ4n) is 5.94. The minimum atomic E-state index is 0.0654. The third kappa shape index (κ3) is 5.09. The van der Waals surface area contributed by atoms with E-state index in [1.807, 2.05) is 41.4 Å². The molecule has 2 saturated heterocycles. The SMILES string of the molecule is O=C(c1cccc(-c2nc(N3CCOCC3)nc3c2CCN3c2cccnc2)c1)N1CCN(c2ccccc2)CC1. The van der Waals surface area contributed by atoms with Crippen molar-refractivity contribution in [2.45, 2.75) is 6.42 Å². The molecule has 0 unspecified atom stereocenters. The van der Waals surface area contributed by atoms with Gasteiger partial charge in [-0.1, -0.05) is 30.3 Å². The van der Waals surface area contributed by atoms with Crippen molar-refractivity contribution in [2.24, 2.45) is 0 Å². The molecular weight excluding hydrogens is 514 g/mol. The molecule has 2 aromatic heterocycles. The molecule has 0 saturated carbocycles. The van der Waals surface area contributed by atoms with Gasteiger partial charge in [-0.2, -0.15) is 4.98 Å². The Hall–Kier alpha value is -4.50. The van der Waals surface area contributed by atoms with Gasteiger partial charge in [0.05, 0.1) is 30.8 Å². The van der Waals surface area contributed by atoms with Gasteiger partial charge in [-0.05, 0) is 42.8 Å². The lowest BCUT2D eigenvalue weighted by molar-refractivity contribution is 0.0747. The van der Waals surface area contributed by atoms with Crippen LogP contribution in [-0.2, 0) is 11.2 Å². The Morgan fingerprint density at radius 2 is 1.56 bits per heavy atom. The van der Waals surface area contributed by atoms with Crippen LogP contribution in [0.25, 0.3) is 11.3 Å². The molecule has 0 N–H and O–H groups in total. The summed E-state index contributed by atoms with van der Waals surface area (Å²) in [6.07, 6.45) is 4.49. The number of carbonyl (C=O) groups excluding carboxylic acids is 1. The van der Waals surface area contributed by atoms with Crippen LogP contribution in [0.3, 0.4) is 0 Å². The summed E-state index contributed by atoms with van der Waals surface area (Å²) in [5, 5.41) is 0. The summed E-state index contributed by atoms with van der Waals surface area (Å²) >= 11 is 0. The number of hydrogen-bond donors (Lipinski definition) is 0. The summed E-state index contributed by atoms with van der Waals surface area (Å²) in [6, 6.07) is 22.4. The van der Waals surface area contributed by atoms with Crippen LogP contribution in [0.2, 0.25) is 0 Å².